The van der Waals surface area contributed by atoms with Crippen LogP contribution in [0, 0.1) is 5.92 Å². The van der Waals surface area contributed by atoms with Crippen LogP contribution >= 0.6 is 0 Å². The van der Waals surface area contributed by atoms with Crippen LogP contribution in [0.5, 0.6) is 0 Å². The van der Waals surface area contributed by atoms with Crippen molar-refractivity contribution < 1.29 is 29.3 Å². The fraction of sp³-hybridized carbons (Fsp3) is 0.737. The van der Waals surface area contributed by atoms with E-state index in [4.69, 9.17) is 9.47 Å². The summed E-state index contributed by atoms with van der Waals surface area (Å²) in [4.78, 5) is 24.1. The molecule has 1 unspecified atom stereocenters. The van der Waals surface area contributed by atoms with Gasteiger partial charge in [0.15, 0.2) is 6.10 Å². The Morgan fingerprint density at radius 2 is 1.34 bits per heavy atom. The topological polar surface area (TPSA) is 93.1 Å². The molecule has 0 heterocycles. The maximum absolute atomic E-state index is 12.1. The number of ether oxygens (including phenoxy) is 2. The summed E-state index contributed by atoms with van der Waals surface area (Å²) in [6, 6.07) is 0. The second kappa shape index (κ2) is 32.2. The van der Waals surface area contributed by atoms with Gasteiger partial charge < -0.3 is 19.7 Å². The highest BCUT2D eigenvalue weighted by Gasteiger charge is 2.15. The average molecular weight is 619 g/mol. The zero-order valence-electron chi connectivity index (χ0n) is 28.4. The summed E-state index contributed by atoms with van der Waals surface area (Å²) in [5, 5.41) is 19.5. The van der Waals surface area contributed by atoms with Crippen molar-refractivity contribution in [1.29, 1.82) is 0 Å². The summed E-state index contributed by atoms with van der Waals surface area (Å²) < 4.78 is 10.5. The van der Waals surface area contributed by atoms with E-state index < -0.39 is 18.2 Å². The summed E-state index contributed by atoms with van der Waals surface area (Å²) in [6.07, 6.45) is 34.8. The molecule has 0 rings (SSSR count). The lowest BCUT2D eigenvalue weighted by molar-refractivity contribution is -0.161. The van der Waals surface area contributed by atoms with Gasteiger partial charge in [0, 0.05) is 12.8 Å². The first-order valence-electron chi connectivity index (χ1n) is 17.7. The molecule has 2 atom stereocenters. The van der Waals surface area contributed by atoms with Crippen molar-refractivity contribution in [2.45, 2.75) is 161 Å². The third kappa shape index (κ3) is 31.3. The number of hydrogen-bond donors (Lipinski definition) is 2. The summed E-state index contributed by atoms with van der Waals surface area (Å²) in [5.41, 5.74) is 0. The Kier molecular flexibility index (Phi) is 30.6. The van der Waals surface area contributed by atoms with E-state index in [0.717, 1.165) is 38.0 Å². The lowest BCUT2D eigenvalue weighted by Crippen LogP contribution is -2.28. The van der Waals surface area contributed by atoms with Crippen molar-refractivity contribution in [2.24, 2.45) is 5.92 Å². The van der Waals surface area contributed by atoms with Gasteiger partial charge in [0.05, 0.1) is 12.7 Å². The first kappa shape index (κ1) is 41.8. The fourth-order valence-corrected chi connectivity index (χ4v) is 4.63. The largest absolute Gasteiger partial charge is 0.462 e. The smallest absolute Gasteiger partial charge is 0.306 e. The van der Waals surface area contributed by atoms with Crippen LogP contribution < -0.4 is 0 Å². The molecule has 6 heteroatoms. The number of unbranched alkanes of at least 4 members (excludes halogenated alkanes) is 12. The van der Waals surface area contributed by atoms with E-state index in [2.05, 4.69) is 39.0 Å². The fourth-order valence-electron chi connectivity index (χ4n) is 4.63. The molecular formula is C38H66O6. The second-order valence-corrected chi connectivity index (χ2v) is 12.3. The van der Waals surface area contributed by atoms with Gasteiger partial charge in [-0.3, -0.25) is 9.59 Å². The Morgan fingerprint density at radius 1 is 0.705 bits per heavy atom. The van der Waals surface area contributed by atoms with Gasteiger partial charge in [-0.15, -0.1) is 0 Å². The van der Waals surface area contributed by atoms with Crippen molar-refractivity contribution in [3.8, 4) is 0 Å². The molecule has 0 aliphatic heterocycles. The molecule has 0 aliphatic rings. The summed E-state index contributed by atoms with van der Waals surface area (Å²) >= 11 is 0. The standard InChI is InChI=1S/C38H66O6/c1-4-5-6-7-8-10-14-18-23-28-35(40)29-24-19-16-21-26-31-38(42)44-36(32-39)33-43-37(41)30-25-20-15-12-9-11-13-17-22-27-34(2)3/h8,10,16,18-19,23-24,29,34-36,39-40H,4-7,9,11-15,17,20-22,25-28,30-33H2,1-3H3/b10-8-,19-16+,23-18-,29-24-/t35?,36-/m0/s1. The third-order valence-corrected chi connectivity index (χ3v) is 7.38. The monoisotopic (exact) mass is 618 g/mol. The minimum Gasteiger partial charge on any atom is -0.462 e. The Labute approximate surface area is 270 Å². The highest BCUT2D eigenvalue weighted by molar-refractivity contribution is 5.70. The number of carbonyl (C=O) groups excluding carboxylic acids is 2. The molecule has 0 bridgehead atoms. The molecule has 0 fully saturated rings. The zero-order valence-corrected chi connectivity index (χ0v) is 28.4. The molecule has 6 nitrogen and oxygen atoms in total. The molecule has 2 N–H and O–H groups in total. The summed E-state index contributed by atoms with van der Waals surface area (Å²) in [6.45, 7) is 6.27. The Morgan fingerprint density at radius 3 is 2.02 bits per heavy atom. The molecule has 44 heavy (non-hydrogen) atoms. The number of esters is 2. The van der Waals surface area contributed by atoms with Crippen molar-refractivity contribution in [2.75, 3.05) is 13.2 Å². The van der Waals surface area contributed by atoms with E-state index in [1.54, 1.807) is 6.08 Å². The maximum Gasteiger partial charge on any atom is 0.306 e. The molecule has 0 saturated heterocycles. The van der Waals surface area contributed by atoms with Crippen LogP contribution in [0.3, 0.4) is 0 Å². The van der Waals surface area contributed by atoms with E-state index in [9.17, 15) is 19.8 Å². The van der Waals surface area contributed by atoms with E-state index in [1.165, 1.54) is 64.2 Å². The molecule has 0 aliphatic carbocycles. The quantitative estimate of drug-likeness (QED) is 0.0360. The second-order valence-electron chi connectivity index (χ2n) is 12.3. The van der Waals surface area contributed by atoms with Crippen LogP contribution in [0.2, 0.25) is 0 Å². The number of rotatable bonds is 30. The summed E-state index contributed by atoms with van der Waals surface area (Å²) in [7, 11) is 0. The van der Waals surface area contributed by atoms with Crippen molar-refractivity contribution >= 4 is 11.9 Å². The molecular weight excluding hydrogens is 552 g/mol. The Hall–Kier alpha value is -2.18. The Balaban J connectivity index is 3.81. The lowest BCUT2D eigenvalue weighted by atomic mass is 10.0. The van der Waals surface area contributed by atoms with Crippen LogP contribution in [0.25, 0.3) is 0 Å². The maximum atomic E-state index is 12.1. The van der Waals surface area contributed by atoms with Gasteiger partial charge in [-0.05, 0) is 50.9 Å². The number of aliphatic hydroxyl groups is 2. The average Bonchev–Trinajstić information content (AvgIpc) is 3.00. The van der Waals surface area contributed by atoms with E-state index >= 15 is 0 Å². The van der Waals surface area contributed by atoms with Gasteiger partial charge in [-0.2, -0.15) is 0 Å². The van der Waals surface area contributed by atoms with Gasteiger partial charge in [0.2, 0.25) is 0 Å². The van der Waals surface area contributed by atoms with Crippen molar-refractivity contribution in [1.82, 2.24) is 0 Å². The minimum absolute atomic E-state index is 0.115. The highest BCUT2D eigenvalue weighted by atomic mass is 16.6. The molecule has 254 valence electrons. The molecule has 0 spiro atoms. The van der Waals surface area contributed by atoms with Gasteiger partial charge >= 0.3 is 11.9 Å². The van der Waals surface area contributed by atoms with Gasteiger partial charge in [0.1, 0.15) is 6.61 Å². The van der Waals surface area contributed by atoms with Gasteiger partial charge in [-0.25, -0.2) is 0 Å². The molecule has 0 amide bonds. The summed E-state index contributed by atoms with van der Waals surface area (Å²) in [5.74, 6) is 0.0813. The lowest BCUT2D eigenvalue weighted by Gasteiger charge is -2.15. The van der Waals surface area contributed by atoms with Crippen LogP contribution in [0.4, 0.5) is 0 Å². The van der Waals surface area contributed by atoms with Crippen LogP contribution in [0.15, 0.2) is 48.6 Å². The van der Waals surface area contributed by atoms with Gasteiger partial charge in [0.25, 0.3) is 0 Å². The number of hydrogen-bond acceptors (Lipinski definition) is 6. The van der Waals surface area contributed by atoms with Gasteiger partial charge in [-0.1, -0.05) is 140 Å². The molecule has 0 saturated carbocycles. The number of aliphatic hydroxyl groups excluding tert-OH is 2. The molecule has 0 aromatic heterocycles. The normalized spacial score (nSPS) is 13.6. The van der Waals surface area contributed by atoms with E-state index in [0.29, 0.717) is 25.7 Å². The van der Waals surface area contributed by atoms with E-state index in [-0.39, 0.29) is 25.6 Å². The highest BCUT2D eigenvalue weighted by Crippen LogP contribution is 2.14. The Bertz CT molecular complexity index is 782. The third-order valence-electron chi connectivity index (χ3n) is 7.38. The van der Waals surface area contributed by atoms with Crippen LogP contribution in [-0.4, -0.2) is 47.6 Å². The minimum atomic E-state index is -0.831. The van der Waals surface area contributed by atoms with Crippen LogP contribution in [-0.2, 0) is 19.1 Å². The molecule has 0 radical (unpaired) electrons. The zero-order chi connectivity index (χ0) is 32.5. The molecule has 0 aromatic carbocycles. The predicted octanol–water partition coefficient (Wildman–Crippen LogP) is 9.50. The van der Waals surface area contributed by atoms with E-state index in [1.807, 2.05) is 24.3 Å². The first-order valence-corrected chi connectivity index (χ1v) is 17.7. The SMILES string of the molecule is CCCCC/C=C\C/C=C\CC(O)/C=C\C=C\CCCC(=O)O[C@@H](CO)COC(=O)CCCCCCCCCCCC(C)C. The first-order chi connectivity index (χ1) is 21.4. The number of carbonyl (C=O) groups is 2. The van der Waals surface area contributed by atoms with Crippen molar-refractivity contribution in [3.63, 3.8) is 0 Å². The van der Waals surface area contributed by atoms with Crippen LogP contribution in [0.1, 0.15) is 149 Å². The number of allylic oxidation sites excluding steroid dienone is 6. The van der Waals surface area contributed by atoms with Crippen molar-refractivity contribution in [3.05, 3.63) is 48.6 Å². The predicted molar refractivity (Wildman–Crippen MR) is 183 cm³/mol. The molecule has 0 aromatic rings.